The Morgan fingerprint density at radius 2 is 1.84 bits per heavy atom. The number of rotatable bonds is 7. The van der Waals surface area contributed by atoms with Gasteiger partial charge in [-0.1, -0.05) is 6.07 Å². The van der Waals surface area contributed by atoms with Gasteiger partial charge in [-0.15, -0.1) is 0 Å². The van der Waals surface area contributed by atoms with Crippen LogP contribution in [-0.2, 0) is 14.3 Å². The van der Waals surface area contributed by atoms with E-state index in [4.69, 9.17) is 9.47 Å². The first-order valence-electron chi connectivity index (χ1n) is 7.72. The molecule has 2 amide bonds. The molecule has 1 aromatic carbocycles. The lowest BCUT2D eigenvalue weighted by Gasteiger charge is -2.11. The van der Waals surface area contributed by atoms with Gasteiger partial charge in [0.15, 0.2) is 11.5 Å². The van der Waals surface area contributed by atoms with Gasteiger partial charge in [-0.05, 0) is 49.4 Å². The van der Waals surface area contributed by atoms with Gasteiger partial charge < -0.3 is 14.2 Å². The molecule has 8 heteroatoms. The van der Waals surface area contributed by atoms with E-state index in [0.717, 1.165) is 16.7 Å². The van der Waals surface area contributed by atoms with Crippen molar-refractivity contribution in [2.24, 2.45) is 0 Å². The van der Waals surface area contributed by atoms with Gasteiger partial charge in [0.1, 0.15) is 6.54 Å². The van der Waals surface area contributed by atoms with Crippen LogP contribution < -0.4 is 9.47 Å². The number of carbonyl (C=O) groups is 3. The number of esters is 1. The monoisotopic (exact) mass is 365 g/mol. The molecule has 7 nitrogen and oxygen atoms in total. The van der Waals surface area contributed by atoms with Gasteiger partial charge in [0.25, 0.3) is 11.1 Å². The summed E-state index contributed by atoms with van der Waals surface area (Å²) in [5, 5.41) is -0.502. The zero-order chi connectivity index (χ0) is 18.4. The molecular formula is C17H19NO6S. The predicted octanol–water partition coefficient (Wildman–Crippen LogP) is 2.69. The SMILES string of the molecule is CCOc1ccc(/C=C2\SC(=O)N(CC(=O)OC)C2=O)cc1OCC. The van der Waals surface area contributed by atoms with Gasteiger partial charge in [-0.2, -0.15) is 0 Å². The molecule has 0 N–H and O–H groups in total. The number of ether oxygens (including phenoxy) is 3. The molecule has 1 heterocycles. The number of imide groups is 1. The van der Waals surface area contributed by atoms with E-state index >= 15 is 0 Å². The minimum Gasteiger partial charge on any atom is -0.490 e. The highest BCUT2D eigenvalue weighted by molar-refractivity contribution is 8.18. The molecule has 134 valence electrons. The van der Waals surface area contributed by atoms with E-state index < -0.39 is 23.7 Å². The maximum atomic E-state index is 12.3. The highest BCUT2D eigenvalue weighted by Gasteiger charge is 2.36. The maximum absolute atomic E-state index is 12.3. The number of thioether (sulfide) groups is 1. The predicted molar refractivity (Wildman–Crippen MR) is 93.5 cm³/mol. The highest BCUT2D eigenvalue weighted by atomic mass is 32.2. The van der Waals surface area contributed by atoms with Gasteiger partial charge in [-0.3, -0.25) is 19.3 Å². The molecular weight excluding hydrogens is 346 g/mol. The average Bonchev–Trinajstić information content (AvgIpc) is 2.85. The number of hydrogen-bond acceptors (Lipinski definition) is 7. The van der Waals surface area contributed by atoms with E-state index in [1.54, 1.807) is 24.3 Å². The van der Waals surface area contributed by atoms with Crippen molar-refractivity contribution in [2.45, 2.75) is 13.8 Å². The number of hydrogen-bond donors (Lipinski definition) is 0. The summed E-state index contributed by atoms with van der Waals surface area (Å²) in [5.74, 6) is 0.00248. The number of nitrogens with zero attached hydrogens (tertiary/aromatic N) is 1. The molecule has 0 aromatic heterocycles. The Hall–Kier alpha value is -2.48. The van der Waals surface area contributed by atoms with Gasteiger partial charge in [0.2, 0.25) is 0 Å². The third-order valence-electron chi connectivity index (χ3n) is 3.25. The van der Waals surface area contributed by atoms with Crippen LogP contribution in [0.15, 0.2) is 23.1 Å². The number of benzene rings is 1. The fourth-order valence-corrected chi connectivity index (χ4v) is 2.98. The van der Waals surface area contributed by atoms with Crippen molar-refractivity contribution in [3.05, 3.63) is 28.7 Å². The van der Waals surface area contributed by atoms with E-state index in [-0.39, 0.29) is 4.91 Å². The zero-order valence-electron chi connectivity index (χ0n) is 14.2. The highest BCUT2D eigenvalue weighted by Crippen LogP contribution is 2.34. The summed E-state index contributed by atoms with van der Waals surface area (Å²) in [5.41, 5.74) is 0.690. The van der Waals surface area contributed by atoms with Gasteiger partial charge in [0, 0.05) is 0 Å². The van der Waals surface area contributed by atoms with Crippen molar-refractivity contribution >= 4 is 35.0 Å². The van der Waals surface area contributed by atoms with Crippen LogP contribution in [0.1, 0.15) is 19.4 Å². The molecule has 2 rings (SSSR count). The number of amides is 2. The summed E-state index contributed by atoms with van der Waals surface area (Å²) in [6.07, 6.45) is 1.58. The average molecular weight is 365 g/mol. The molecule has 1 aromatic rings. The Balaban J connectivity index is 2.25. The summed E-state index contributed by atoms with van der Waals surface area (Å²) in [6.45, 7) is 4.32. The standard InChI is InChI=1S/C17H19NO6S/c1-4-23-12-7-6-11(8-13(12)24-5-2)9-14-16(20)18(17(21)25-14)10-15(19)22-3/h6-9H,4-5,10H2,1-3H3/b14-9-. The second-order valence-corrected chi connectivity index (χ2v) is 5.91. The Morgan fingerprint density at radius 3 is 2.48 bits per heavy atom. The quantitative estimate of drug-likeness (QED) is 0.543. The van der Waals surface area contributed by atoms with Crippen molar-refractivity contribution in [3.63, 3.8) is 0 Å². The summed E-state index contributed by atoms with van der Waals surface area (Å²) in [7, 11) is 1.20. The van der Waals surface area contributed by atoms with Crippen molar-refractivity contribution < 1.29 is 28.6 Å². The van der Waals surface area contributed by atoms with Crippen LogP contribution in [0.3, 0.4) is 0 Å². The smallest absolute Gasteiger partial charge is 0.325 e. The van der Waals surface area contributed by atoms with Crippen LogP contribution in [0.5, 0.6) is 11.5 Å². The molecule has 0 saturated carbocycles. The molecule has 1 fully saturated rings. The fraction of sp³-hybridized carbons (Fsp3) is 0.353. The number of carbonyl (C=O) groups excluding carboxylic acids is 3. The second kappa shape index (κ2) is 8.57. The van der Waals surface area contributed by atoms with E-state index in [1.807, 2.05) is 13.8 Å². The summed E-state index contributed by atoms with van der Waals surface area (Å²) in [6, 6.07) is 5.25. The first-order valence-corrected chi connectivity index (χ1v) is 8.53. The van der Waals surface area contributed by atoms with E-state index in [2.05, 4.69) is 4.74 Å². The topological polar surface area (TPSA) is 82.1 Å². The van der Waals surface area contributed by atoms with Crippen LogP contribution in [-0.4, -0.2) is 48.9 Å². The first kappa shape index (κ1) is 18.9. The van der Waals surface area contributed by atoms with Crippen LogP contribution in [0, 0.1) is 0 Å². The Bertz CT molecular complexity index is 715. The Morgan fingerprint density at radius 1 is 1.16 bits per heavy atom. The normalized spacial score (nSPS) is 15.6. The number of methoxy groups -OCH3 is 1. The summed E-state index contributed by atoms with van der Waals surface area (Å²) >= 11 is 0.781. The molecule has 1 aliphatic heterocycles. The third-order valence-corrected chi connectivity index (χ3v) is 4.16. The molecule has 0 unspecified atom stereocenters. The lowest BCUT2D eigenvalue weighted by molar-refractivity contribution is -0.143. The minimum absolute atomic E-state index is 0.237. The first-order chi connectivity index (χ1) is 12.0. The summed E-state index contributed by atoms with van der Waals surface area (Å²) in [4.78, 5) is 36.6. The van der Waals surface area contributed by atoms with Crippen LogP contribution in [0.2, 0.25) is 0 Å². The molecule has 1 saturated heterocycles. The maximum Gasteiger partial charge on any atom is 0.325 e. The van der Waals surface area contributed by atoms with Crippen LogP contribution in [0.4, 0.5) is 4.79 Å². The van der Waals surface area contributed by atoms with Crippen LogP contribution in [0.25, 0.3) is 6.08 Å². The van der Waals surface area contributed by atoms with E-state index in [9.17, 15) is 14.4 Å². The second-order valence-electron chi connectivity index (χ2n) is 4.92. The van der Waals surface area contributed by atoms with Crippen molar-refractivity contribution in [3.8, 4) is 11.5 Å². The largest absolute Gasteiger partial charge is 0.490 e. The van der Waals surface area contributed by atoms with Crippen molar-refractivity contribution in [1.82, 2.24) is 4.90 Å². The minimum atomic E-state index is -0.650. The lowest BCUT2D eigenvalue weighted by Crippen LogP contribution is -2.34. The summed E-state index contributed by atoms with van der Waals surface area (Å²) < 4.78 is 15.5. The molecule has 0 atom stereocenters. The van der Waals surface area contributed by atoms with Gasteiger partial charge in [-0.25, -0.2) is 0 Å². The van der Waals surface area contributed by atoms with Crippen molar-refractivity contribution in [2.75, 3.05) is 26.9 Å². The van der Waals surface area contributed by atoms with E-state index in [0.29, 0.717) is 30.3 Å². The Kier molecular flexibility index (Phi) is 6.46. The fourth-order valence-electron chi connectivity index (χ4n) is 2.14. The van der Waals surface area contributed by atoms with Gasteiger partial charge in [0.05, 0.1) is 25.2 Å². The van der Waals surface area contributed by atoms with Crippen molar-refractivity contribution in [1.29, 1.82) is 0 Å². The Labute approximate surface area is 149 Å². The molecule has 1 aliphatic rings. The molecule has 0 spiro atoms. The van der Waals surface area contributed by atoms with Crippen LogP contribution >= 0.6 is 11.8 Å². The van der Waals surface area contributed by atoms with E-state index in [1.165, 1.54) is 7.11 Å². The molecule has 25 heavy (non-hydrogen) atoms. The molecule has 0 aliphatic carbocycles. The zero-order valence-corrected chi connectivity index (χ0v) is 15.1. The van der Waals surface area contributed by atoms with Gasteiger partial charge >= 0.3 is 5.97 Å². The molecule has 0 bridgehead atoms. The molecule has 0 radical (unpaired) electrons. The third kappa shape index (κ3) is 4.54. The lowest BCUT2D eigenvalue weighted by atomic mass is 10.2.